The van der Waals surface area contributed by atoms with Gasteiger partial charge in [-0.15, -0.1) is 0 Å². The van der Waals surface area contributed by atoms with Crippen molar-refractivity contribution >= 4 is 40.5 Å². The van der Waals surface area contributed by atoms with Gasteiger partial charge in [-0.2, -0.15) is 0 Å². The Labute approximate surface area is 94.5 Å². The first-order chi connectivity index (χ1) is 6.49. The lowest BCUT2D eigenvalue weighted by atomic mass is 10.3. The molecule has 0 aliphatic carbocycles. The monoisotopic (exact) mass is 255 g/mol. The highest BCUT2D eigenvalue weighted by Crippen LogP contribution is 2.42. The maximum absolute atomic E-state index is 10.5. The average Bonchev–Trinajstić information content (AvgIpc) is 2.14. The van der Waals surface area contributed by atoms with Crippen LogP contribution in [-0.2, 0) is 0 Å². The molecule has 0 amide bonds. The Bertz CT molecular complexity index is 394. The summed E-state index contributed by atoms with van der Waals surface area (Å²) in [6.45, 7) is 0. The molecule has 7 heteroatoms. The number of halogens is 3. The van der Waals surface area contributed by atoms with E-state index in [9.17, 15) is 10.1 Å². The van der Waals surface area contributed by atoms with E-state index >= 15 is 0 Å². The molecule has 0 atom stereocenters. The van der Waals surface area contributed by atoms with Gasteiger partial charge in [0.1, 0.15) is 15.8 Å². The predicted octanol–water partition coefficient (Wildman–Crippen LogP) is 3.56. The Kier molecular flexibility index (Phi) is 3.42. The Hall–Kier alpha value is -0.710. The molecule has 0 saturated carbocycles. The van der Waals surface area contributed by atoms with Crippen molar-refractivity contribution in [3.8, 4) is 5.75 Å². The number of nitro benzene ring substituents is 1. The van der Waals surface area contributed by atoms with Crippen molar-refractivity contribution in [1.82, 2.24) is 0 Å². The van der Waals surface area contributed by atoms with Crippen molar-refractivity contribution in [1.29, 1.82) is 0 Å². The predicted molar refractivity (Wildman–Crippen MR) is 54.7 cm³/mol. The van der Waals surface area contributed by atoms with Crippen LogP contribution in [0.4, 0.5) is 5.69 Å². The number of nitrogens with zero attached hydrogens (tertiary/aromatic N) is 1. The lowest BCUT2D eigenvalue weighted by Crippen LogP contribution is -1.93. The molecule has 0 spiro atoms. The first kappa shape index (κ1) is 11.4. The summed E-state index contributed by atoms with van der Waals surface area (Å²) in [6, 6.07) is 1.12. The molecule has 0 bridgehead atoms. The number of nitro groups is 1. The molecule has 0 N–H and O–H groups in total. The highest BCUT2D eigenvalue weighted by atomic mass is 35.5. The van der Waals surface area contributed by atoms with E-state index in [0.717, 1.165) is 6.07 Å². The van der Waals surface area contributed by atoms with E-state index in [1.165, 1.54) is 7.11 Å². The standard InChI is InChI=1S/C7H4Cl3NO3/c1-14-4-2-3(11(12)13)5(8)7(10)6(4)9/h2H,1H3. The van der Waals surface area contributed by atoms with E-state index in [1.54, 1.807) is 0 Å². The Morgan fingerprint density at radius 2 is 1.86 bits per heavy atom. The zero-order valence-electron chi connectivity index (χ0n) is 6.88. The van der Waals surface area contributed by atoms with Crippen LogP contribution in [-0.4, -0.2) is 12.0 Å². The normalized spacial score (nSPS) is 10.0. The summed E-state index contributed by atoms with van der Waals surface area (Å²) < 4.78 is 4.79. The molecule has 0 aliphatic rings. The molecule has 0 aliphatic heterocycles. The summed E-state index contributed by atoms with van der Waals surface area (Å²) in [7, 11) is 1.33. The van der Waals surface area contributed by atoms with Crippen LogP contribution in [0.25, 0.3) is 0 Å². The van der Waals surface area contributed by atoms with E-state index in [2.05, 4.69) is 0 Å². The quantitative estimate of drug-likeness (QED) is 0.462. The average molecular weight is 256 g/mol. The lowest BCUT2D eigenvalue weighted by molar-refractivity contribution is -0.384. The SMILES string of the molecule is COc1cc([N+](=O)[O-])c(Cl)c(Cl)c1Cl. The smallest absolute Gasteiger partial charge is 0.293 e. The fourth-order valence-electron chi connectivity index (χ4n) is 0.849. The Balaban J connectivity index is 3.48. The summed E-state index contributed by atoms with van der Waals surface area (Å²) in [6.07, 6.45) is 0. The van der Waals surface area contributed by atoms with Gasteiger partial charge in [-0.25, -0.2) is 0 Å². The lowest BCUT2D eigenvalue weighted by Gasteiger charge is -2.05. The van der Waals surface area contributed by atoms with Crippen LogP contribution in [0, 0.1) is 10.1 Å². The summed E-state index contributed by atoms with van der Waals surface area (Å²) >= 11 is 17.0. The van der Waals surface area contributed by atoms with E-state index < -0.39 is 4.92 Å². The second kappa shape index (κ2) is 4.21. The van der Waals surface area contributed by atoms with Crippen LogP contribution < -0.4 is 4.74 Å². The molecule has 1 rings (SSSR count). The summed E-state index contributed by atoms with van der Waals surface area (Å²) in [5.41, 5.74) is -0.335. The number of ether oxygens (including phenoxy) is 1. The highest BCUT2D eigenvalue weighted by Gasteiger charge is 2.21. The van der Waals surface area contributed by atoms with Crippen LogP contribution in [0.1, 0.15) is 0 Å². The van der Waals surface area contributed by atoms with Crippen molar-refractivity contribution in [2.24, 2.45) is 0 Å². The van der Waals surface area contributed by atoms with Gasteiger partial charge in [0.25, 0.3) is 5.69 Å². The third-order valence-corrected chi connectivity index (χ3v) is 2.84. The van der Waals surface area contributed by atoms with Gasteiger partial charge in [-0.3, -0.25) is 10.1 Å². The number of hydrogen-bond acceptors (Lipinski definition) is 3. The van der Waals surface area contributed by atoms with Crippen molar-refractivity contribution in [2.75, 3.05) is 7.11 Å². The molecule has 1 aromatic rings. The third-order valence-electron chi connectivity index (χ3n) is 1.51. The fraction of sp³-hybridized carbons (Fsp3) is 0.143. The minimum Gasteiger partial charge on any atom is -0.495 e. The van der Waals surface area contributed by atoms with Crippen molar-refractivity contribution in [2.45, 2.75) is 0 Å². The highest BCUT2D eigenvalue weighted by molar-refractivity contribution is 6.49. The van der Waals surface area contributed by atoms with Crippen molar-refractivity contribution in [3.63, 3.8) is 0 Å². The van der Waals surface area contributed by atoms with Gasteiger partial charge in [0, 0.05) is 0 Å². The molecule has 1 aromatic carbocycles. The molecular formula is C7H4Cl3NO3. The van der Waals surface area contributed by atoms with Gasteiger partial charge in [-0.1, -0.05) is 34.8 Å². The van der Waals surface area contributed by atoms with E-state index in [4.69, 9.17) is 39.5 Å². The van der Waals surface area contributed by atoms with Gasteiger partial charge < -0.3 is 4.74 Å². The topological polar surface area (TPSA) is 52.4 Å². The van der Waals surface area contributed by atoms with Crippen LogP contribution >= 0.6 is 34.8 Å². The van der Waals surface area contributed by atoms with Gasteiger partial charge in [0.15, 0.2) is 0 Å². The summed E-state index contributed by atoms with van der Waals surface area (Å²) in [5, 5.41) is 10.3. The number of hydrogen-bond donors (Lipinski definition) is 0. The molecule has 0 heterocycles. The largest absolute Gasteiger partial charge is 0.495 e. The van der Waals surface area contributed by atoms with Crippen LogP contribution in [0.3, 0.4) is 0 Å². The number of benzene rings is 1. The Morgan fingerprint density at radius 1 is 1.29 bits per heavy atom. The Morgan fingerprint density at radius 3 is 2.29 bits per heavy atom. The van der Waals surface area contributed by atoms with Gasteiger partial charge in [0.05, 0.1) is 23.1 Å². The van der Waals surface area contributed by atoms with Crippen LogP contribution in [0.5, 0.6) is 5.75 Å². The first-order valence-corrected chi connectivity index (χ1v) is 4.48. The van der Waals surface area contributed by atoms with Crippen molar-refractivity contribution in [3.05, 3.63) is 31.2 Å². The molecule has 0 fully saturated rings. The molecule has 0 radical (unpaired) electrons. The minimum absolute atomic E-state index is 0.0600. The second-order valence-electron chi connectivity index (χ2n) is 2.30. The zero-order chi connectivity index (χ0) is 10.9. The van der Waals surface area contributed by atoms with Crippen LogP contribution in [0.15, 0.2) is 6.07 Å². The summed E-state index contributed by atoms with van der Waals surface area (Å²) in [5.74, 6) is 0.118. The molecule has 76 valence electrons. The van der Waals surface area contributed by atoms with Crippen molar-refractivity contribution < 1.29 is 9.66 Å². The van der Waals surface area contributed by atoms with E-state index in [0.29, 0.717) is 0 Å². The number of rotatable bonds is 2. The zero-order valence-corrected chi connectivity index (χ0v) is 9.15. The van der Waals surface area contributed by atoms with Gasteiger partial charge in [0.2, 0.25) is 0 Å². The molecule has 4 nitrogen and oxygen atoms in total. The molecule has 0 unspecified atom stereocenters. The van der Waals surface area contributed by atoms with Crippen LogP contribution in [0.2, 0.25) is 15.1 Å². The van der Waals surface area contributed by atoms with E-state index in [-0.39, 0.29) is 26.5 Å². The fourth-order valence-corrected chi connectivity index (χ4v) is 1.53. The molecule has 0 saturated heterocycles. The van der Waals surface area contributed by atoms with Gasteiger partial charge >= 0.3 is 0 Å². The maximum atomic E-state index is 10.5. The molecular weight excluding hydrogens is 252 g/mol. The first-order valence-electron chi connectivity index (χ1n) is 3.35. The minimum atomic E-state index is -0.660. The maximum Gasteiger partial charge on any atom is 0.293 e. The molecule has 14 heavy (non-hydrogen) atoms. The number of methoxy groups -OCH3 is 1. The van der Waals surface area contributed by atoms with E-state index in [1.807, 2.05) is 0 Å². The summed E-state index contributed by atoms with van der Waals surface area (Å²) in [4.78, 5) is 9.86. The van der Waals surface area contributed by atoms with Gasteiger partial charge in [-0.05, 0) is 0 Å². The second-order valence-corrected chi connectivity index (χ2v) is 3.43. The molecule has 0 aromatic heterocycles. The third kappa shape index (κ3) is 1.87.